The van der Waals surface area contributed by atoms with Crippen molar-refractivity contribution in [1.29, 1.82) is 0 Å². The zero-order valence-electron chi connectivity index (χ0n) is 15.1. The lowest BCUT2D eigenvalue weighted by atomic mass is 9.95. The fraction of sp³-hybridized carbons (Fsp3) is 0.500. The van der Waals surface area contributed by atoms with E-state index < -0.39 is 0 Å². The highest BCUT2D eigenvalue weighted by molar-refractivity contribution is 7.99. The highest BCUT2D eigenvalue weighted by Gasteiger charge is 2.17. The first-order valence-corrected chi connectivity index (χ1v) is 10.7. The van der Waals surface area contributed by atoms with E-state index in [1.807, 2.05) is 11.6 Å². The molecule has 1 fully saturated rings. The smallest absolute Gasteiger partial charge is 0.230 e. The number of thioether (sulfide) groups is 1. The molecule has 0 atom stereocenters. The molecule has 1 amide bonds. The van der Waals surface area contributed by atoms with Crippen LogP contribution in [0.2, 0.25) is 10.0 Å². The molecule has 1 heterocycles. The summed E-state index contributed by atoms with van der Waals surface area (Å²) in [6.45, 7) is 0.207. The third-order valence-corrected chi connectivity index (χ3v) is 6.05. The quantitative estimate of drug-likeness (QED) is 0.667. The van der Waals surface area contributed by atoms with E-state index in [2.05, 4.69) is 15.5 Å². The van der Waals surface area contributed by atoms with E-state index in [9.17, 15) is 4.79 Å². The molecule has 0 aliphatic heterocycles. The molecule has 1 aliphatic carbocycles. The summed E-state index contributed by atoms with van der Waals surface area (Å²) in [5.74, 6) is 1.50. The molecule has 1 aromatic heterocycles. The van der Waals surface area contributed by atoms with Crippen LogP contribution < -0.4 is 10.1 Å². The molecule has 1 aliphatic rings. The Morgan fingerprint density at radius 2 is 2.07 bits per heavy atom. The Hall–Kier alpha value is -1.44. The zero-order valence-corrected chi connectivity index (χ0v) is 17.4. The predicted octanol–water partition coefficient (Wildman–Crippen LogP) is 4.24. The van der Waals surface area contributed by atoms with Crippen molar-refractivity contribution in [2.24, 2.45) is 7.05 Å². The van der Waals surface area contributed by atoms with Gasteiger partial charge in [-0.2, -0.15) is 0 Å². The SMILES string of the molecule is Cn1c(COc2cc(Cl)ccc2Cl)nnc1SCC(=O)NC1CCCCC1. The van der Waals surface area contributed by atoms with Crippen LogP contribution in [0.4, 0.5) is 0 Å². The van der Waals surface area contributed by atoms with Crippen LogP contribution in [0.15, 0.2) is 23.4 Å². The molecule has 3 rings (SSSR count). The minimum Gasteiger partial charge on any atom is -0.484 e. The van der Waals surface area contributed by atoms with Crippen molar-refractivity contribution in [1.82, 2.24) is 20.1 Å². The fourth-order valence-electron chi connectivity index (χ4n) is 2.97. The summed E-state index contributed by atoms with van der Waals surface area (Å²) in [4.78, 5) is 12.1. The van der Waals surface area contributed by atoms with E-state index in [0.29, 0.717) is 38.6 Å². The van der Waals surface area contributed by atoms with Crippen LogP contribution >= 0.6 is 35.0 Å². The Labute approximate surface area is 173 Å². The molecule has 1 aromatic carbocycles. The molecule has 0 bridgehead atoms. The van der Waals surface area contributed by atoms with Gasteiger partial charge in [0, 0.05) is 24.2 Å². The summed E-state index contributed by atoms with van der Waals surface area (Å²) in [5.41, 5.74) is 0. The zero-order chi connectivity index (χ0) is 19.2. The van der Waals surface area contributed by atoms with Crippen LogP contribution in [0.1, 0.15) is 37.9 Å². The number of benzene rings is 1. The molecule has 2 aromatic rings. The Balaban J connectivity index is 1.50. The van der Waals surface area contributed by atoms with Gasteiger partial charge in [0.25, 0.3) is 0 Å². The Morgan fingerprint density at radius 3 is 2.85 bits per heavy atom. The third kappa shape index (κ3) is 5.77. The average molecular weight is 429 g/mol. The standard InChI is InChI=1S/C18H22Cl2N4O2S/c1-24-16(10-26-15-9-12(19)7-8-14(15)20)22-23-18(24)27-11-17(25)21-13-5-3-2-4-6-13/h7-9,13H,2-6,10-11H2,1H3,(H,21,25). The summed E-state index contributed by atoms with van der Waals surface area (Å²) in [5, 5.41) is 13.1. The van der Waals surface area contributed by atoms with Gasteiger partial charge < -0.3 is 14.6 Å². The summed E-state index contributed by atoms with van der Waals surface area (Å²) in [6, 6.07) is 5.36. The largest absolute Gasteiger partial charge is 0.484 e. The number of carbonyl (C=O) groups is 1. The van der Waals surface area contributed by atoms with E-state index >= 15 is 0 Å². The van der Waals surface area contributed by atoms with E-state index in [1.165, 1.54) is 31.0 Å². The number of amides is 1. The first-order chi connectivity index (χ1) is 13.0. The monoisotopic (exact) mass is 428 g/mol. The van der Waals surface area contributed by atoms with Crippen molar-refractivity contribution in [3.8, 4) is 5.75 Å². The van der Waals surface area contributed by atoms with Crippen molar-refractivity contribution in [3.05, 3.63) is 34.1 Å². The lowest BCUT2D eigenvalue weighted by Crippen LogP contribution is -2.37. The van der Waals surface area contributed by atoms with E-state index in [0.717, 1.165) is 12.8 Å². The minimum atomic E-state index is 0.0402. The second-order valence-corrected chi connectivity index (χ2v) is 8.30. The molecule has 146 valence electrons. The normalized spacial score (nSPS) is 14.9. The van der Waals surface area contributed by atoms with Crippen LogP contribution in [0.3, 0.4) is 0 Å². The van der Waals surface area contributed by atoms with Gasteiger partial charge >= 0.3 is 0 Å². The maximum absolute atomic E-state index is 12.1. The highest BCUT2D eigenvalue weighted by atomic mass is 35.5. The first kappa shape index (κ1) is 20.3. The van der Waals surface area contributed by atoms with Gasteiger partial charge in [-0.3, -0.25) is 4.79 Å². The number of aromatic nitrogens is 3. The number of ether oxygens (including phenoxy) is 1. The second-order valence-electron chi connectivity index (χ2n) is 6.51. The van der Waals surface area contributed by atoms with Gasteiger partial charge in [-0.1, -0.05) is 54.2 Å². The van der Waals surface area contributed by atoms with Crippen LogP contribution in [0.25, 0.3) is 0 Å². The number of hydrogen-bond acceptors (Lipinski definition) is 5. The molecule has 0 saturated heterocycles. The number of rotatable bonds is 7. The summed E-state index contributed by atoms with van der Waals surface area (Å²) >= 11 is 13.4. The summed E-state index contributed by atoms with van der Waals surface area (Å²) in [6.07, 6.45) is 5.82. The molecule has 9 heteroatoms. The number of halogens is 2. The highest BCUT2D eigenvalue weighted by Crippen LogP contribution is 2.28. The molecule has 1 N–H and O–H groups in total. The molecule has 0 spiro atoms. The maximum atomic E-state index is 12.1. The van der Waals surface area contributed by atoms with Gasteiger partial charge in [-0.25, -0.2) is 0 Å². The molecule has 0 unspecified atom stereocenters. The van der Waals surface area contributed by atoms with Gasteiger partial charge in [-0.05, 0) is 25.0 Å². The second kappa shape index (κ2) is 9.66. The van der Waals surface area contributed by atoms with Crippen molar-refractivity contribution >= 4 is 40.9 Å². The lowest BCUT2D eigenvalue weighted by Gasteiger charge is -2.22. The summed E-state index contributed by atoms with van der Waals surface area (Å²) < 4.78 is 7.51. The van der Waals surface area contributed by atoms with Gasteiger partial charge in [0.2, 0.25) is 5.91 Å². The van der Waals surface area contributed by atoms with E-state index in [1.54, 1.807) is 18.2 Å². The Morgan fingerprint density at radius 1 is 1.30 bits per heavy atom. The number of nitrogens with zero attached hydrogens (tertiary/aromatic N) is 3. The number of carbonyl (C=O) groups excluding carboxylic acids is 1. The Bertz CT molecular complexity index is 794. The maximum Gasteiger partial charge on any atom is 0.230 e. The average Bonchev–Trinajstić information content (AvgIpc) is 3.01. The Kier molecular flexibility index (Phi) is 7.26. The molecule has 0 radical (unpaired) electrons. The van der Waals surface area contributed by atoms with Crippen LogP contribution in [-0.2, 0) is 18.4 Å². The molecular formula is C18H22Cl2N4O2S. The van der Waals surface area contributed by atoms with Gasteiger partial charge in [0.15, 0.2) is 11.0 Å². The lowest BCUT2D eigenvalue weighted by molar-refractivity contribution is -0.119. The van der Waals surface area contributed by atoms with Gasteiger partial charge in [0.05, 0.1) is 10.8 Å². The molecular weight excluding hydrogens is 407 g/mol. The van der Waals surface area contributed by atoms with Gasteiger partial charge in [-0.15, -0.1) is 10.2 Å². The first-order valence-electron chi connectivity index (χ1n) is 8.91. The van der Waals surface area contributed by atoms with Crippen LogP contribution in [-0.4, -0.2) is 32.5 Å². The van der Waals surface area contributed by atoms with Crippen molar-refractivity contribution in [2.75, 3.05) is 5.75 Å². The molecule has 27 heavy (non-hydrogen) atoms. The third-order valence-electron chi connectivity index (χ3n) is 4.48. The minimum absolute atomic E-state index is 0.0402. The summed E-state index contributed by atoms with van der Waals surface area (Å²) in [7, 11) is 1.85. The topological polar surface area (TPSA) is 69.0 Å². The van der Waals surface area contributed by atoms with E-state index in [4.69, 9.17) is 27.9 Å². The molecule has 1 saturated carbocycles. The number of nitrogens with one attached hydrogen (secondary N) is 1. The number of hydrogen-bond donors (Lipinski definition) is 1. The van der Waals surface area contributed by atoms with E-state index in [-0.39, 0.29) is 12.5 Å². The molecule has 6 nitrogen and oxygen atoms in total. The van der Waals surface area contributed by atoms with Crippen molar-refractivity contribution in [3.63, 3.8) is 0 Å². The van der Waals surface area contributed by atoms with Gasteiger partial charge in [0.1, 0.15) is 12.4 Å². The fourth-order valence-corrected chi connectivity index (χ4v) is 4.05. The predicted molar refractivity (Wildman–Crippen MR) is 108 cm³/mol. The van der Waals surface area contributed by atoms with Crippen molar-refractivity contribution < 1.29 is 9.53 Å². The van der Waals surface area contributed by atoms with Crippen molar-refractivity contribution in [2.45, 2.75) is 49.9 Å². The van der Waals surface area contributed by atoms with Crippen LogP contribution in [0, 0.1) is 0 Å². The van der Waals surface area contributed by atoms with Crippen LogP contribution in [0.5, 0.6) is 5.75 Å².